The monoisotopic (exact) mass is 278 g/mol. The van der Waals surface area contributed by atoms with Crippen LogP contribution in [0.25, 0.3) is 16.8 Å². The number of hydrogen-bond donors (Lipinski definition) is 0. The van der Waals surface area contributed by atoms with Gasteiger partial charge in [0.1, 0.15) is 17.6 Å². The third kappa shape index (κ3) is 3.16. The van der Waals surface area contributed by atoms with Crippen LogP contribution in [0.3, 0.4) is 0 Å². The van der Waals surface area contributed by atoms with E-state index in [1.54, 1.807) is 7.11 Å². The molecule has 1 atom stereocenters. The van der Waals surface area contributed by atoms with Gasteiger partial charge in [-0.1, -0.05) is 49.1 Å². The number of methoxy groups -OCH3 is 1. The lowest BCUT2D eigenvalue weighted by atomic mass is 10.1. The highest BCUT2D eigenvalue weighted by atomic mass is 16.5. The molecule has 106 valence electrons. The Morgan fingerprint density at radius 1 is 1.19 bits per heavy atom. The minimum Gasteiger partial charge on any atom is -0.501 e. The van der Waals surface area contributed by atoms with Crippen molar-refractivity contribution in [2.75, 3.05) is 7.11 Å². The largest absolute Gasteiger partial charge is 0.501 e. The summed E-state index contributed by atoms with van der Waals surface area (Å²) in [6.45, 7) is 3.85. The second-order valence-electron chi connectivity index (χ2n) is 5.11. The fraction of sp³-hybridized carbons (Fsp3) is 0.158. The lowest BCUT2D eigenvalue weighted by Crippen LogP contribution is -2.15. The SMILES string of the molecule is C=C1C=C(OC)CC(/C=C/c2ccc3ccccc3c2)O1. The molecule has 0 radical (unpaired) electrons. The van der Waals surface area contributed by atoms with Gasteiger partial charge < -0.3 is 9.47 Å². The first-order valence-electron chi connectivity index (χ1n) is 7.02. The number of hydrogen-bond acceptors (Lipinski definition) is 2. The number of fused-ring (bicyclic) bond motifs is 1. The van der Waals surface area contributed by atoms with Gasteiger partial charge in [0.25, 0.3) is 0 Å². The van der Waals surface area contributed by atoms with E-state index in [9.17, 15) is 0 Å². The van der Waals surface area contributed by atoms with E-state index in [-0.39, 0.29) is 6.10 Å². The van der Waals surface area contributed by atoms with Gasteiger partial charge >= 0.3 is 0 Å². The zero-order chi connectivity index (χ0) is 14.7. The Bertz CT molecular complexity index is 725. The standard InChI is InChI=1S/C19H18O2/c1-14-11-19(20-2)13-18(21-14)10-8-15-7-9-16-5-3-4-6-17(16)12-15/h3-12,18H,1,13H2,2H3/b10-8+. The zero-order valence-electron chi connectivity index (χ0n) is 12.1. The molecule has 21 heavy (non-hydrogen) atoms. The zero-order valence-corrected chi connectivity index (χ0v) is 12.1. The van der Waals surface area contributed by atoms with Crippen LogP contribution in [0, 0.1) is 0 Å². The maximum atomic E-state index is 5.69. The molecule has 0 aliphatic carbocycles. The first kappa shape index (κ1) is 13.5. The third-order valence-corrected chi connectivity index (χ3v) is 3.57. The first-order chi connectivity index (χ1) is 10.2. The number of rotatable bonds is 3. The molecule has 1 unspecified atom stereocenters. The molecule has 2 nitrogen and oxygen atoms in total. The van der Waals surface area contributed by atoms with Gasteiger partial charge in [0, 0.05) is 12.5 Å². The molecule has 0 bridgehead atoms. The minimum absolute atomic E-state index is 0.0241. The molecule has 0 saturated heterocycles. The average Bonchev–Trinajstić information content (AvgIpc) is 2.52. The Morgan fingerprint density at radius 2 is 2.00 bits per heavy atom. The normalized spacial score (nSPS) is 18.6. The molecule has 2 aromatic carbocycles. The van der Waals surface area contributed by atoms with Crippen molar-refractivity contribution in [2.45, 2.75) is 12.5 Å². The van der Waals surface area contributed by atoms with Gasteiger partial charge in [0.2, 0.25) is 0 Å². The molecule has 0 fully saturated rings. The molecule has 2 heteroatoms. The van der Waals surface area contributed by atoms with E-state index >= 15 is 0 Å². The van der Waals surface area contributed by atoms with E-state index in [0.717, 1.165) is 17.7 Å². The summed E-state index contributed by atoms with van der Waals surface area (Å²) in [7, 11) is 1.68. The number of benzene rings is 2. The topological polar surface area (TPSA) is 18.5 Å². The van der Waals surface area contributed by atoms with Gasteiger partial charge in [-0.25, -0.2) is 0 Å². The van der Waals surface area contributed by atoms with Gasteiger partial charge in [-0.05, 0) is 28.5 Å². The summed E-state index contributed by atoms with van der Waals surface area (Å²) in [6, 6.07) is 14.8. The summed E-state index contributed by atoms with van der Waals surface area (Å²) in [5.41, 5.74) is 1.16. The Balaban J connectivity index is 1.78. The maximum absolute atomic E-state index is 5.69. The van der Waals surface area contributed by atoms with Crippen molar-refractivity contribution in [2.24, 2.45) is 0 Å². The van der Waals surface area contributed by atoms with E-state index in [0.29, 0.717) is 5.76 Å². The van der Waals surface area contributed by atoms with Crippen molar-refractivity contribution in [3.63, 3.8) is 0 Å². The Kier molecular flexibility index (Phi) is 3.78. The number of ether oxygens (including phenoxy) is 2. The lowest BCUT2D eigenvalue weighted by molar-refractivity contribution is 0.126. The second-order valence-corrected chi connectivity index (χ2v) is 5.11. The molecule has 0 aromatic heterocycles. The van der Waals surface area contributed by atoms with Crippen molar-refractivity contribution in [1.29, 1.82) is 0 Å². The Labute approximate surface area is 125 Å². The highest BCUT2D eigenvalue weighted by molar-refractivity contribution is 5.84. The van der Waals surface area contributed by atoms with Gasteiger partial charge in [-0.3, -0.25) is 0 Å². The van der Waals surface area contributed by atoms with Crippen LogP contribution < -0.4 is 0 Å². The van der Waals surface area contributed by atoms with Crippen LogP contribution in [0.15, 0.2) is 72.7 Å². The fourth-order valence-electron chi connectivity index (χ4n) is 2.49. The average molecular weight is 278 g/mol. The molecular formula is C19H18O2. The summed E-state index contributed by atoms with van der Waals surface area (Å²) < 4.78 is 11.0. The molecule has 3 rings (SSSR count). The summed E-state index contributed by atoms with van der Waals surface area (Å²) in [6.07, 6.45) is 6.69. The van der Waals surface area contributed by atoms with Crippen molar-refractivity contribution in [3.8, 4) is 0 Å². The molecule has 1 aliphatic heterocycles. The Hall–Kier alpha value is -2.48. The summed E-state index contributed by atoms with van der Waals surface area (Å²) in [5, 5.41) is 2.49. The molecule has 2 aromatic rings. The van der Waals surface area contributed by atoms with Crippen LogP contribution >= 0.6 is 0 Å². The smallest absolute Gasteiger partial charge is 0.124 e. The molecular weight excluding hydrogens is 260 g/mol. The molecule has 0 amide bonds. The number of allylic oxidation sites excluding steroid dienone is 1. The Morgan fingerprint density at radius 3 is 2.81 bits per heavy atom. The van der Waals surface area contributed by atoms with Gasteiger partial charge in [-0.2, -0.15) is 0 Å². The van der Waals surface area contributed by atoms with Gasteiger partial charge in [0.15, 0.2) is 0 Å². The minimum atomic E-state index is -0.0241. The summed E-state index contributed by atoms with van der Waals surface area (Å²) in [5.74, 6) is 1.55. The van der Waals surface area contributed by atoms with Crippen LogP contribution in [-0.2, 0) is 9.47 Å². The highest BCUT2D eigenvalue weighted by Crippen LogP contribution is 2.23. The van der Waals surface area contributed by atoms with Gasteiger partial charge in [-0.15, -0.1) is 0 Å². The van der Waals surface area contributed by atoms with Crippen molar-refractivity contribution >= 4 is 16.8 Å². The van der Waals surface area contributed by atoms with Crippen molar-refractivity contribution in [1.82, 2.24) is 0 Å². The molecule has 0 saturated carbocycles. The summed E-state index contributed by atoms with van der Waals surface area (Å²) in [4.78, 5) is 0. The van der Waals surface area contributed by atoms with Crippen LogP contribution in [0.2, 0.25) is 0 Å². The predicted molar refractivity (Wildman–Crippen MR) is 86.7 cm³/mol. The maximum Gasteiger partial charge on any atom is 0.124 e. The quantitative estimate of drug-likeness (QED) is 0.811. The van der Waals surface area contributed by atoms with Crippen LogP contribution in [-0.4, -0.2) is 13.2 Å². The summed E-state index contributed by atoms with van der Waals surface area (Å²) >= 11 is 0. The predicted octanol–water partition coefficient (Wildman–Crippen LogP) is 4.69. The molecule has 0 spiro atoms. The van der Waals surface area contributed by atoms with Gasteiger partial charge in [0.05, 0.1) is 7.11 Å². The first-order valence-corrected chi connectivity index (χ1v) is 7.02. The van der Waals surface area contributed by atoms with Crippen molar-refractivity contribution in [3.05, 3.63) is 78.3 Å². The van der Waals surface area contributed by atoms with E-state index in [2.05, 4.69) is 61.2 Å². The second kappa shape index (κ2) is 5.88. The van der Waals surface area contributed by atoms with Crippen LogP contribution in [0.4, 0.5) is 0 Å². The van der Waals surface area contributed by atoms with E-state index in [4.69, 9.17) is 9.47 Å². The van der Waals surface area contributed by atoms with E-state index in [1.165, 1.54) is 10.8 Å². The molecule has 1 aliphatic rings. The molecule has 0 N–H and O–H groups in total. The molecule has 1 heterocycles. The van der Waals surface area contributed by atoms with E-state index < -0.39 is 0 Å². The fourth-order valence-corrected chi connectivity index (χ4v) is 2.49. The third-order valence-electron chi connectivity index (χ3n) is 3.57. The lowest BCUT2D eigenvalue weighted by Gasteiger charge is -2.22. The van der Waals surface area contributed by atoms with Crippen molar-refractivity contribution < 1.29 is 9.47 Å². The van der Waals surface area contributed by atoms with Crippen LogP contribution in [0.1, 0.15) is 12.0 Å². The van der Waals surface area contributed by atoms with Crippen LogP contribution in [0.5, 0.6) is 0 Å². The van der Waals surface area contributed by atoms with E-state index in [1.807, 2.05) is 6.08 Å². The highest BCUT2D eigenvalue weighted by Gasteiger charge is 2.16.